The lowest BCUT2D eigenvalue weighted by Gasteiger charge is -2.23. The van der Waals surface area contributed by atoms with Crippen LogP contribution in [0.25, 0.3) is 0 Å². The van der Waals surface area contributed by atoms with Gasteiger partial charge < -0.3 is 0 Å². The van der Waals surface area contributed by atoms with Crippen molar-refractivity contribution in [3.8, 4) is 0 Å². The molecular formula is C19H22FN3O4S2. The summed E-state index contributed by atoms with van der Waals surface area (Å²) in [5.41, 5.74) is 1.78. The Morgan fingerprint density at radius 1 is 1.10 bits per heavy atom. The number of halogens is 1. The van der Waals surface area contributed by atoms with Crippen molar-refractivity contribution in [3.05, 3.63) is 65.5 Å². The predicted octanol–water partition coefficient (Wildman–Crippen LogP) is 3.09. The molecule has 0 aromatic heterocycles. The molecule has 3 rings (SSSR count). The van der Waals surface area contributed by atoms with Crippen LogP contribution in [-0.2, 0) is 20.0 Å². The first-order valence-electron chi connectivity index (χ1n) is 9.03. The fourth-order valence-electron chi connectivity index (χ4n) is 3.19. The lowest BCUT2D eigenvalue weighted by molar-refractivity contribution is 0.362. The normalized spacial score (nSPS) is 17.3. The van der Waals surface area contributed by atoms with Crippen LogP contribution >= 0.6 is 0 Å². The molecule has 0 amide bonds. The third kappa shape index (κ3) is 4.94. The highest BCUT2D eigenvalue weighted by atomic mass is 32.2. The van der Waals surface area contributed by atoms with Gasteiger partial charge in [-0.2, -0.15) is 9.52 Å². The molecule has 2 aromatic rings. The lowest BCUT2D eigenvalue weighted by atomic mass is 9.99. The van der Waals surface area contributed by atoms with E-state index < -0.39 is 31.9 Å². The Balaban J connectivity index is 1.97. The summed E-state index contributed by atoms with van der Waals surface area (Å²) in [5, 5.41) is 4.31. The van der Waals surface area contributed by atoms with Gasteiger partial charge in [0.2, 0.25) is 20.0 Å². The maximum absolute atomic E-state index is 14.4. The SMILES string of the molecule is CCCS(=O)(=O)N1N=C(c2ccc(NS(C)(=O)=O)cc2)C[C@H]1c1ccccc1F. The fraction of sp³-hybridized carbons (Fsp3) is 0.316. The molecule has 156 valence electrons. The molecule has 0 aliphatic carbocycles. The molecule has 1 N–H and O–H groups in total. The quantitative estimate of drug-likeness (QED) is 0.717. The molecule has 0 saturated heterocycles. The van der Waals surface area contributed by atoms with Crippen LogP contribution in [0.1, 0.15) is 36.9 Å². The van der Waals surface area contributed by atoms with Crippen LogP contribution in [0.3, 0.4) is 0 Å². The first kappa shape index (κ1) is 21.3. The molecule has 1 aliphatic rings. The summed E-state index contributed by atoms with van der Waals surface area (Å²) in [6, 6.07) is 11.7. The van der Waals surface area contributed by atoms with Crippen LogP contribution in [0.5, 0.6) is 0 Å². The molecule has 0 bridgehead atoms. The Kier molecular flexibility index (Phi) is 5.95. The number of rotatable bonds is 7. The summed E-state index contributed by atoms with van der Waals surface area (Å²) < 4.78 is 65.9. The Morgan fingerprint density at radius 3 is 2.34 bits per heavy atom. The number of anilines is 1. The molecule has 0 unspecified atom stereocenters. The lowest BCUT2D eigenvalue weighted by Crippen LogP contribution is -2.29. The van der Waals surface area contributed by atoms with Gasteiger partial charge in [0.25, 0.3) is 0 Å². The summed E-state index contributed by atoms with van der Waals surface area (Å²) in [5.74, 6) is -0.579. The molecule has 29 heavy (non-hydrogen) atoms. The first-order valence-corrected chi connectivity index (χ1v) is 12.5. The molecule has 10 heteroatoms. The fourth-order valence-corrected chi connectivity index (χ4v) is 5.26. The van der Waals surface area contributed by atoms with Gasteiger partial charge in [-0.3, -0.25) is 4.72 Å². The van der Waals surface area contributed by atoms with Crippen LogP contribution in [0.4, 0.5) is 10.1 Å². The van der Waals surface area contributed by atoms with Gasteiger partial charge in [-0.1, -0.05) is 37.3 Å². The van der Waals surface area contributed by atoms with Gasteiger partial charge in [0.1, 0.15) is 5.82 Å². The van der Waals surface area contributed by atoms with Gasteiger partial charge in [0, 0.05) is 17.7 Å². The standard InChI is InChI=1S/C19H22FN3O4S2/c1-3-12-29(26,27)23-19(16-6-4-5-7-17(16)20)13-18(21-23)14-8-10-15(11-9-14)22-28(2,24)25/h4-11,19,22H,3,12-13H2,1-2H3/t19-/m0/s1. The van der Waals surface area contributed by atoms with Crippen molar-refractivity contribution in [1.82, 2.24) is 4.41 Å². The van der Waals surface area contributed by atoms with Gasteiger partial charge in [0.15, 0.2) is 0 Å². The number of nitrogens with zero attached hydrogens (tertiary/aromatic N) is 2. The number of hydrazone groups is 1. The Hall–Kier alpha value is -2.46. The van der Waals surface area contributed by atoms with Crippen LogP contribution in [-0.4, -0.2) is 39.0 Å². The van der Waals surface area contributed by atoms with E-state index in [1.807, 2.05) is 0 Å². The zero-order valence-electron chi connectivity index (χ0n) is 16.0. The van der Waals surface area contributed by atoms with Gasteiger partial charge >= 0.3 is 0 Å². The molecular weight excluding hydrogens is 417 g/mol. The average Bonchev–Trinajstić information content (AvgIpc) is 3.07. The van der Waals surface area contributed by atoms with Gasteiger partial charge in [-0.05, 0) is 30.2 Å². The summed E-state index contributed by atoms with van der Waals surface area (Å²) in [6.07, 6.45) is 1.68. The molecule has 0 fully saturated rings. The van der Waals surface area contributed by atoms with Crippen LogP contribution in [0.2, 0.25) is 0 Å². The molecule has 1 atom stereocenters. The highest BCUT2D eigenvalue weighted by molar-refractivity contribution is 7.92. The molecule has 0 spiro atoms. The number of hydrogen-bond donors (Lipinski definition) is 1. The molecule has 0 saturated carbocycles. The van der Waals surface area contributed by atoms with Crippen LogP contribution in [0.15, 0.2) is 53.6 Å². The van der Waals surface area contributed by atoms with Crippen molar-refractivity contribution >= 4 is 31.4 Å². The summed E-state index contributed by atoms with van der Waals surface area (Å²) in [4.78, 5) is 0. The van der Waals surface area contributed by atoms with Crippen LogP contribution < -0.4 is 4.72 Å². The Morgan fingerprint density at radius 2 is 1.76 bits per heavy atom. The minimum absolute atomic E-state index is 0.0913. The largest absolute Gasteiger partial charge is 0.284 e. The monoisotopic (exact) mass is 439 g/mol. The van der Waals surface area contributed by atoms with E-state index in [2.05, 4.69) is 9.82 Å². The van der Waals surface area contributed by atoms with Crippen molar-refractivity contribution in [2.45, 2.75) is 25.8 Å². The van der Waals surface area contributed by atoms with Gasteiger partial charge in [0.05, 0.1) is 23.8 Å². The molecule has 2 aromatic carbocycles. The number of nitrogens with one attached hydrogen (secondary N) is 1. The second kappa shape index (κ2) is 8.11. The van der Waals surface area contributed by atoms with E-state index in [0.29, 0.717) is 23.4 Å². The molecule has 1 heterocycles. The smallest absolute Gasteiger partial charge is 0.250 e. The zero-order valence-corrected chi connectivity index (χ0v) is 17.7. The van der Waals surface area contributed by atoms with E-state index in [0.717, 1.165) is 10.7 Å². The maximum Gasteiger partial charge on any atom is 0.250 e. The first-order chi connectivity index (χ1) is 13.6. The minimum Gasteiger partial charge on any atom is -0.284 e. The predicted molar refractivity (Wildman–Crippen MR) is 111 cm³/mol. The van der Waals surface area contributed by atoms with E-state index in [9.17, 15) is 21.2 Å². The van der Waals surface area contributed by atoms with Crippen molar-refractivity contribution in [3.63, 3.8) is 0 Å². The highest BCUT2D eigenvalue weighted by Gasteiger charge is 2.37. The number of sulfonamides is 2. The number of benzene rings is 2. The zero-order chi connectivity index (χ0) is 21.2. The third-order valence-electron chi connectivity index (χ3n) is 4.41. The topological polar surface area (TPSA) is 95.9 Å². The van der Waals surface area contributed by atoms with Crippen LogP contribution in [0, 0.1) is 5.82 Å². The van der Waals surface area contributed by atoms with Crippen molar-refractivity contribution in [1.29, 1.82) is 0 Å². The summed E-state index contributed by atoms with van der Waals surface area (Å²) in [6.45, 7) is 1.75. The molecule has 0 radical (unpaired) electrons. The Bertz CT molecular complexity index is 1130. The minimum atomic E-state index is -3.71. The third-order valence-corrected chi connectivity index (χ3v) is 6.84. The highest BCUT2D eigenvalue weighted by Crippen LogP contribution is 2.36. The summed E-state index contributed by atoms with van der Waals surface area (Å²) >= 11 is 0. The van der Waals surface area contributed by atoms with E-state index in [-0.39, 0.29) is 17.7 Å². The van der Waals surface area contributed by atoms with E-state index in [1.54, 1.807) is 49.4 Å². The maximum atomic E-state index is 14.4. The van der Waals surface area contributed by atoms with Crippen molar-refractivity contribution < 1.29 is 21.2 Å². The summed E-state index contributed by atoms with van der Waals surface area (Å²) in [7, 11) is -7.11. The number of hydrogen-bond acceptors (Lipinski definition) is 5. The second-order valence-corrected chi connectivity index (χ2v) is 10.5. The molecule has 7 nitrogen and oxygen atoms in total. The van der Waals surface area contributed by atoms with E-state index >= 15 is 0 Å². The average molecular weight is 440 g/mol. The van der Waals surface area contributed by atoms with Gasteiger partial charge in [-0.15, -0.1) is 0 Å². The van der Waals surface area contributed by atoms with Crippen molar-refractivity contribution in [2.24, 2.45) is 5.10 Å². The van der Waals surface area contributed by atoms with E-state index in [1.165, 1.54) is 6.07 Å². The molecule has 1 aliphatic heterocycles. The Labute approximate surface area is 170 Å². The van der Waals surface area contributed by atoms with Gasteiger partial charge in [-0.25, -0.2) is 21.2 Å². The second-order valence-electron chi connectivity index (χ2n) is 6.83. The van der Waals surface area contributed by atoms with E-state index in [4.69, 9.17) is 0 Å². The van der Waals surface area contributed by atoms with Crippen molar-refractivity contribution in [2.75, 3.05) is 16.7 Å².